The SMILES string of the molecule is COc1ccc(-c2nc(CN3CC[C@@H]4CCCC[C@H]4C3)c(C)o2)cc1. The first kappa shape index (κ1) is 16.6. The highest BCUT2D eigenvalue weighted by atomic mass is 16.5. The van der Waals surface area contributed by atoms with Crippen molar-refractivity contribution in [1.29, 1.82) is 0 Å². The molecule has 0 spiro atoms. The van der Waals surface area contributed by atoms with E-state index in [1.807, 2.05) is 31.2 Å². The Hall–Kier alpha value is -1.81. The van der Waals surface area contributed by atoms with E-state index in [2.05, 4.69) is 4.90 Å². The summed E-state index contributed by atoms with van der Waals surface area (Å²) >= 11 is 0. The minimum Gasteiger partial charge on any atom is -0.497 e. The van der Waals surface area contributed by atoms with Gasteiger partial charge in [-0.2, -0.15) is 0 Å². The number of methoxy groups -OCH3 is 1. The Morgan fingerprint density at radius 2 is 1.88 bits per heavy atom. The molecule has 25 heavy (non-hydrogen) atoms. The lowest BCUT2D eigenvalue weighted by atomic mass is 9.75. The highest BCUT2D eigenvalue weighted by Crippen LogP contribution is 2.36. The van der Waals surface area contributed by atoms with Crippen molar-refractivity contribution in [3.63, 3.8) is 0 Å². The third kappa shape index (κ3) is 3.59. The standard InChI is InChI=1S/C21H28N2O2/c1-15-20(14-23-12-11-16-5-3-4-6-18(16)13-23)22-21(25-15)17-7-9-19(24-2)10-8-17/h7-10,16,18H,3-6,11-14H2,1-2H3/t16-,18-/m0/s1. The molecule has 1 aromatic carbocycles. The van der Waals surface area contributed by atoms with Crippen LogP contribution in [-0.4, -0.2) is 30.1 Å². The molecule has 4 rings (SSSR count). The van der Waals surface area contributed by atoms with E-state index in [1.54, 1.807) is 7.11 Å². The highest BCUT2D eigenvalue weighted by Gasteiger charge is 2.31. The third-order valence-corrected chi connectivity index (χ3v) is 5.98. The van der Waals surface area contributed by atoms with Gasteiger partial charge in [-0.25, -0.2) is 4.98 Å². The first-order chi connectivity index (χ1) is 12.2. The van der Waals surface area contributed by atoms with Gasteiger partial charge in [0.1, 0.15) is 11.5 Å². The van der Waals surface area contributed by atoms with Crippen LogP contribution >= 0.6 is 0 Å². The van der Waals surface area contributed by atoms with Gasteiger partial charge < -0.3 is 9.15 Å². The second-order valence-electron chi connectivity index (χ2n) is 7.58. The van der Waals surface area contributed by atoms with Gasteiger partial charge in [-0.3, -0.25) is 4.90 Å². The van der Waals surface area contributed by atoms with Gasteiger partial charge in [0.05, 0.1) is 12.8 Å². The fraction of sp³-hybridized carbons (Fsp3) is 0.571. The van der Waals surface area contributed by atoms with E-state index in [9.17, 15) is 0 Å². The predicted molar refractivity (Wildman–Crippen MR) is 98.6 cm³/mol. The smallest absolute Gasteiger partial charge is 0.226 e. The first-order valence-electron chi connectivity index (χ1n) is 9.56. The lowest BCUT2D eigenvalue weighted by Gasteiger charge is -2.41. The molecule has 2 aromatic rings. The lowest BCUT2D eigenvalue weighted by Crippen LogP contribution is -2.41. The molecule has 4 nitrogen and oxygen atoms in total. The number of nitrogens with zero attached hydrogens (tertiary/aromatic N) is 2. The Bertz CT molecular complexity index is 707. The molecule has 1 saturated carbocycles. The largest absolute Gasteiger partial charge is 0.497 e. The van der Waals surface area contributed by atoms with Crippen molar-refractivity contribution >= 4 is 0 Å². The Labute approximate surface area is 150 Å². The van der Waals surface area contributed by atoms with E-state index < -0.39 is 0 Å². The number of piperidine rings is 1. The maximum absolute atomic E-state index is 5.94. The van der Waals surface area contributed by atoms with Crippen molar-refractivity contribution in [2.75, 3.05) is 20.2 Å². The van der Waals surface area contributed by atoms with Gasteiger partial charge in [-0.1, -0.05) is 19.3 Å². The number of aryl methyl sites for hydroxylation is 1. The average molecular weight is 340 g/mol. The number of fused-ring (bicyclic) bond motifs is 1. The van der Waals surface area contributed by atoms with Crippen LogP contribution in [0, 0.1) is 18.8 Å². The van der Waals surface area contributed by atoms with Gasteiger partial charge in [-0.15, -0.1) is 0 Å². The van der Waals surface area contributed by atoms with Gasteiger partial charge in [0.25, 0.3) is 0 Å². The predicted octanol–water partition coefficient (Wildman–Crippen LogP) is 4.67. The van der Waals surface area contributed by atoms with Gasteiger partial charge in [-0.05, 0) is 62.4 Å². The summed E-state index contributed by atoms with van der Waals surface area (Å²) in [5, 5.41) is 0. The van der Waals surface area contributed by atoms with Crippen LogP contribution in [0.4, 0.5) is 0 Å². The second kappa shape index (κ2) is 7.20. The number of aromatic nitrogens is 1. The molecule has 2 fully saturated rings. The molecule has 0 bridgehead atoms. The first-order valence-corrected chi connectivity index (χ1v) is 9.56. The summed E-state index contributed by atoms with van der Waals surface area (Å²) in [5.41, 5.74) is 2.08. The Morgan fingerprint density at radius 1 is 1.12 bits per heavy atom. The van der Waals surface area contributed by atoms with Gasteiger partial charge in [0.2, 0.25) is 5.89 Å². The Kier molecular flexibility index (Phi) is 4.80. The Balaban J connectivity index is 1.45. The zero-order chi connectivity index (χ0) is 17.2. The number of hydrogen-bond donors (Lipinski definition) is 0. The van der Waals surface area contributed by atoms with Crippen LogP contribution in [0.3, 0.4) is 0 Å². The van der Waals surface area contributed by atoms with Crippen LogP contribution in [0.15, 0.2) is 28.7 Å². The molecule has 0 unspecified atom stereocenters. The molecule has 1 aliphatic carbocycles. The average Bonchev–Trinajstić information content (AvgIpc) is 3.02. The zero-order valence-electron chi connectivity index (χ0n) is 15.3. The van der Waals surface area contributed by atoms with Crippen LogP contribution in [0.5, 0.6) is 5.75 Å². The van der Waals surface area contributed by atoms with Crippen molar-refractivity contribution in [1.82, 2.24) is 9.88 Å². The van der Waals surface area contributed by atoms with Crippen LogP contribution in [-0.2, 0) is 6.54 Å². The third-order valence-electron chi connectivity index (χ3n) is 5.98. The van der Waals surface area contributed by atoms with Gasteiger partial charge in [0, 0.05) is 18.7 Å². The van der Waals surface area contributed by atoms with Gasteiger partial charge >= 0.3 is 0 Å². The van der Waals surface area contributed by atoms with Crippen molar-refractivity contribution in [2.24, 2.45) is 11.8 Å². The van der Waals surface area contributed by atoms with Crippen molar-refractivity contribution in [3.05, 3.63) is 35.7 Å². The van der Waals surface area contributed by atoms with Crippen LogP contribution in [0.2, 0.25) is 0 Å². The highest BCUT2D eigenvalue weighted by molar-refractivity contribution is 5.55. The summed E-state index contributed by atoms with van der Waals surface area (Å²) in [5.74, 6) is 4.37. The molecular formula is C21H28N2O2. The van der Waals surface area contributed by atoms with Crippen LogP contribution in [0.1, 0.15) is 43.6 Å². The maximum atomic E-state index is 5.94. The normalized spacial score (nSPS) is 24.1. The molecule has 134 valence electrons. The summed E-state index contributed by atoms with van der Waals surface area (Å²) in [6.45, 7) is 5.37. The fourth-order valence-electron chi connectivity index (χ4n) is 4.46. The molecule has 0 N–H and O–H groups in total. The molecule has 1 saturated heterocycles. The van der Waals surface area contributed by atoms with E-state index in [0.29, 0.717) is 5.89 Å². The minimum absolute atomic E-state index is 0.711. The molecule has 1 aliphatic heterocycles. The molecule has 4 heteroatoms. The lowest BCUT2D eigenvalue weighted by molar-refractivity contribution is 0.0810. The summed E-state index contributed by atoms with van der Waals surface area (Å²) in [6, 6.07) is 7.90. The quantitative estimate of drug-likeness (QED) is 0.810. The number of benzene rings is 1. The molecular weight excluding hydrogens is 312 g/mol. The van der Waals surface area contributed by atoms with Gasteiger partial charge in [0.15, 0.2) is 0 Å². The summed E-state index contributed by atoms with van der Waals surface area (Å²) in [7, 11) is 1.68. The van der Waals surface area contributed by atoms with E-state index in [-0.39, 0.29) is 0 Å². The summed E-state index contributed by atoms with van der Waals surface area (Å²) in [4.78, 5) is 7.36. The molecule has 1 aromatic heterocycles. The van der Waals surface area contributed by atoms with E-state index >= 15 is 0 Å². The molecule has 0 amide bonds. The zero-order valence-corrected chi connectivity index (χ0v) is 15.3. The van der Waals surface area contributed by atoms with E-state index in [0.717, 1.165) is 41.1 Å². The van der Waals surface area contributed by atoms with Crippen molar-refractivity contribution < 1.29 is 9.15 Å². The van der Waals surface area contributed by atoms with Crippen LogP contribution < -0.4 is 4.74 Å². The number of hydrogen-bond acceptors (Lipinski definition) is 4. The molecule has 0 radical (unpaired) electrons. The fourth-order valence-corrected chi connectivity index (χ4v) is 4.46. The van der Waals surface area contributed by atoms with E-state index in [1.165, 1.54) is 45.2 Å². The number of likely N-dealkylation sites (tertiary alicyclic amines) is 1. The monoisotopic (exact) mass is 340 g/mol. The maximum Gasteiger partial charge on any atom is 0.226 e. The van der Waals surface area contributed by atoms with Crippen molar-refractivity contribution in [3.8, 4) is 17.2 Å². The van der Waals surface area contributed by atoms with Crippen molar-refractivity contribution in [2.45, 2.75) is 45.6 Å². The number of oxazole rings is 1. The van der Waals surface area contributed by atoms with E-state index in [4.69, 9.17) is 14.1 Å². The minimum atomic E-state index is 0.711. The summed E-state index contributed by atoms with van der Waals surface area (Å²) in [6.07, 6.45) is 7.07. The van der Waals surface area contributed by atoms with Crippen LogP contribution in [0.25, 0.3) is 11.5 Å². The number of ether oxygens (including phenoxy) is 1. The number of rotatable bonds is 4. The Morgan fingerprint density at radius 3 is 2.64 bits per heavy atom. The second-order valence-corrected chi connectivity index (χ2v) is 7.58. The molecule has 2 aliphatic rings. The summed E-state index contributed by atoms with van der Waals surface area (Å²) < 4.78 is 11.2. The molecule has 2 heterocycles. The topological polar surface area (TPSA) is 38.5 Å². The molecule has 2 atom stereocenters.